The lowest BCUT2D eigenvalue weighted by molar-refractivity contribution is -0.136. The predicted molar refractivity (Wildman–Crippen MR) is 85.9 cm³/mol. The van der Waals surface area contributed by atoms with Crippen molar-refractivity contribution in [1.29, 1.82) is 0 Å². The highest BCUT2D eigenvalue weighted by Gasteiger charge is 2.30. The molecule has 3 heterocycles. The van der Waals surface area contributed by atoms with Crippen molar-refractivity contribution in [3.8, 4) is 0 Å². The van der Waals surface area contributed by atoms with E-state index >= 15 is 0 Å². The Morgan fingerprint density at radius 2 is 2.17 bits per heavy atom. The Hall–Kier alpha value is -1.50. The minimum atomic E-state index is 0.0513. The summed E-state index contributed by atoms with van der Waals surface area (Å²) in [4.78, 5) is 21.3. The number of ether oxygens (including phenoxy) is 2. The van der Waals surface area contributed by atoms with E-state index in [1.54, 1.807) is 7.11 Å². The number of morpholine rings is 1. The lowest BCUT2D eigenvalue weighted by Gasteiger charge is -2.27. The minimum Gasteiger partial charge on any atom is -0.379 e. The van der Waals surface area contributed by atoms with Crippen LogP contribution in [0.15, 0.2) is 18.2 Å². The third kappa shape index (κ3) is 4.07. The SMILES string of the molecule is COCC(=O)N1CCC[C@H]1c1cccc(CN2CCOCC2)n1. The molecule has 126 valence electrons. The van der Waals surface area contributed by atoms with E-state index < -0.39 is 0 Å². The number of aromatic nitrogens is 1. The molecule has 0 unspecified atom stereocenters. The summed E-state index contributed by atoms with van der Waals surface area (Å²) in [7, 11) is 1.56. The minimum absolute atomic E-state index is 0.0513. The maximum absolute atomic E-state index is 12.2. The molecule has 2 aliphatic rings. The Kier molecular flexibility index (Phi) is 5.59. The average Bonchev–Trinajstić information content (AvgIpc) is 3.06. The van der Waals surface area contributed by atoms with Gasteiger partial charge in [0.25, 0.3) is 0 Å². The zero-order chi connectivity index (χ0) is 16.1. The van der Waals surface area contributed by atoms with Gasteiger partial charge in [0.15, 0.2) is 0 Å². The summed E-state index contributed by atoms with van der Waals surface area (Å²) in [5.41, 5.74) is 2.06. The normalized spacial score (nSPS) is 22.5. The van der Waals surface area contributed by atoms with E-state index in [0.717, 1.165) is 63.6 Å². The molecule has 2 saturated heterocycles. The van der Waals surface area contributed by atoms with Crippen molar-refractivity contribution >= 4 is 5.91 Å². The van der Waals surface area contributed by atoms with E-state index in [-0.39, 0.29) is 18.6 Å². The molecule has 23 heavy (non-hydrogen) atoms. The molecule has 0 bridgehead atoms. The van der Waals surface area contributed by atoms with Crippen LogP contribution >= 0.6 is 0 Å². The van der Waals surface area contributed by atoms with Gasteiger partial charge >= 0.3 is 0 Å². The molecule has 0 N–H and O–H groups in total. The molecule has 0 aromatic carbocycles. The summed E-state index contributed by atoms with van der Waals surface area (Å²) >= 11 is 0. The van der Waals surface area contributed by atoms with E-state index in [4.69, 9.17) is 14.5 Å². The van der Waals surface area contributed by atoms with Gasteiger partial charge in [-0.25, -0.2) is 0 Å². The Morgan fingerprint density at radius 3 is 2.96 bits per heavy atom. The van der Waals surface area contributed by atoms with Gasteiger partial charge in [-0.2, -0.15) is 0 Å². The molecule has 6 heteroatoms. The molecule has 1 aromatic heterocycles. The molecule has 0 saturated carbocycles. The van der Waals surface area contributed by atoms with E-state index in [9.17, 15) is 4.79 Å². The number of amides is 1. The molecule has 3 rings (SSSR count). The van der Waals surface area contributed by atoms with Gasteiger partial charge in [-0.1, -0.05) is 6.07 Å². The Balaban J connectivity index is 1.69. The first kappa shape index (κ1) is 16.4. The van der Waals surface area contributed by atoms with E-state index in [2.05, 4.69) is 17.0 Å². The number of carbonyl (C=O) groups is 1. The number of hydrogen-bond acceptors (Lipinski definition) is 5. The van der Waals surface area contributed by atoms with Crippen LogP contribution in [0, 0.1) is 0 Å². The van der Waals surface area contributed by atoms with Crippen LogP contribution in [0.25, 0.3) is 0 Å². The average molecular weight is 319 g/mol. The van der Waals surface area contributed by atoms with Crippen molar-refractivity contribution in [2.45, 2.75) is 25.4 Å². The summed E-state index contributed by atoms with van der Waals surface area (Å²) in [5.74, 6) is 0.0513. The maximum Gasteiger partial charge on any atom is 0.249 e. The Bertz CT molecular complexity index is 532. The maximum atomic E-state index is 12.2. The van der Waals surface area contributed by atoms with Crippen molar-refractivity contribution in [3.63, 3.8) is 0 Å². The number of hydrogen-bond donors (Lipinski definition) is 0. The standard InChI is InChI=1S/C17H25N3O3/c1-22-13-17(21)20-7-3-6-16(20)15-5-2-4-14(18-15)12-19-8-10-23-11-9-19/h2,4-5,16H,3,6-13H2,1H3/t16-/m0/s1. The van der Waals surface area contributed by atoms with Crippen LogP contribution < -0.4 is 0 Å². The second kappa shape index (κ2) is 7.86. The molecule has 6 nitrogen and oxygen atoms in total. The van der Waals surface area contributed by atoms with Crippen LogP contribution in [0.4, 0.5) is 0 Å². The summed E-state index contributed by atoms with van der Waals surface area (Å²) in [6, 6.07) is 6.23. The molecule has 2 fully saturated rings. The van der Waals surface area contributed by atoms with Crippen molar-refractivity contribution in [2.24, 2.45) is 0 Å². The van der Waals surface area contributed by atoms with E-state index in [0.29, 0.717) is 0 Å². The fourth-order valence-electron chi connectivity index (χ4n) is 3.34. The van der Waals surface area contributed by atoms with Crippen LogP contribution in [0.5, 0.6) is 0 Å². The molecule has 1 atom stereocenters. The van der Waals surface area contributed by atoms with Gasteiger partial charge in [-0.15, -0.1) is 0 Å². The van der Waals surface area contributed by atoms with Gasteiger partial charge in [0.05, 0.1) is 30.6 Å². The number of likely N-dealkylation sites (tertiary alicyclic amines) is 1. The second-order valence-corrected chi connectivity index (χ2v) is 6.12. The molecule has 1 aromatic rings. The van der Waals surface area contributed by atoms with Crippen molar-refractivity contribution in [2.75, 3.05) is 46.6 Å². The van der Waals surface area contributed by atoms with Crippen LogP contribution in [0.1, 0.15) is 30.3 Å². The highest BCUT2D eigenvalue weighted by Crippen LogP contribution is 2.31. The number of nitrogens with zero attached hydrogens (tertiary/aromatic N) is 3. The first-order chi connectivity index (χ1) is 11.3. The first-order valence-corrected chi connectivity index (χ1v) is 8.32. The Morgan fingerprint density at radius 1 is 1.35 bits per heavy atom. The van der Waals surface area contributed by atoms with Crippen LogP contribution in [0.2, 0.25) is 0 Å². The molecule has 2 aliphatic heterocycles. The van der Waals surface area contributed by atoms with Crippen molar-refractivity contribution < 1.29 is 14.3 Å². The van der Waals surface area contributed by atoms with Crippen LogP contribution in [0.3, 0.4) is 0 Å². The fraction of sp³-hybridized carbons (Fsp3) is 0.647. The van der Waals surface area contributed by atoms with Crippen LogP contribution in [-0.4, -0.2) is 67.3 Å². The topological polar surface area (TPSA) is 54.9 Å². The summed E-state index contributed by atoms with van der Waals surface area (Å²) < 4.78 is 10.4. The lowest BCUT2D eigenvalue weighted by atomic mass is 10.1. The molecular formula is C17H25N3O3. The van der Waals surface area contributed by atoms with Gasteiger partial charge in [0.2, 0.25) is 5.91 Å². The molecule has 1 amide bonds. The summed E-state index contributed by atoms with van der Waals surface area (Å²) in [5, 5.41) is 0. The highest BCUT2D eigenvalue weighted by atomic mass is 16.5. The summed E-state index contributed by atoms with van der Waals surface area (Å²) in [6.07, 6.45) is 2.00. The van der Waals surface area contributed by atoms with E-state index in [1.807, 2.05) is 11.0 Å². The van der Waals surface area contributed by atoms with Crippen molar-refractivity contribution in [3.05, 3.63) is 29.6 Å². The second-order valence-electron chi connectivity index (χ2n) is 6.12. The third-order valence-corrected chi connectivity index (χ3v) is 4.50. The van der Waals surface area contributed by atoms with Gasteiger partial charge < -0.3 is 14.4 Å². The third-order valence-electron chi connectivity index (χ3n) is 4.50. The molecular weight excluding hydrogens is 294 g/mol. The largest absolute Gasteiger partial charge is 0.379 e. The quantitative estimate of drug-likeness (QED) is 0.817. The summed E-state index contributed by atoms with van der Waals surface area (Å²) in [6.45, 7) is 5.27. The highest BCUT2D eigenvalue weighted by molar-refractivity contribution is 5.78. The predicted octanol–water partition coefficient (Wildman–Crippen LogP) is 1.22. The zero-order valence-electron chi connectivity index (χ0n) is 13.7. The first-order valence-electron chi connectivity index (χ1n) is 8.32. The molecule has 0 radical (unpaired) electrons. The zero-order valence-corrected chi connectivity index (χ0v) is 13.7. The van der Waals surface area contributed by atoms with E-state index in [1.165, 1.54) is 0 Å². The Labute approximate surface area is 137 Å². The number of rotatable bonds is 5. The smallest absolute Gasteiger partial charge is 0.249 e. The molecule has 0 aliphatic carbocycles. The monoisotopic (exact) mass is 319 g/mol. The van der Waals surface area contributed by atoms with Gasteiger partial charge in [-0.05, 0) is 25.0 Å². The number of pyridine rings is 1. The lowest BCUT2D eigenvalue weighted by Crippen LogP contribution is -2.36. The van der Waals surface area contributed by atoms with Gasteiger partial charge in [0.1, 0.15) is 6.61 Å². The van der Waals surface area contributed by atoms with Gasteiger partial charge in [0, 0.05) is 33.3 Å². The number of carbonyl (C=O) groups excluding carboxylic acids is 1. The number of methoxy groups -OCH3 is 1. The molecule has 0 spiro atoms. The fourth-order valence-corrected chi connectivity index (χ4v) is 3.34. The van der Waals surface area contributed by atoms with Crippen molar-refractivity contribution in [1.82, 2.24) is 14.8 Å². The van der Waals surface area contributed by atoms with Crippen LogP contribution in [-0.2, 0) is 20.8 Å². The van der Waals surface area contributed by atoms with Gasteiger partial charge in [-0.3, -0.25) is 14.7 Å².